The van der Waals surface area contributed by atoms with Crippen LogP contribution < -0.4 is 0 Å². The van der Waals surface area contributed by atoms with Crippen LogP contribution in [0.5, 0.6) is 0 Å². The maximum absolute atomic E-state index is 11.4. The van der Waals surface area contributed by atoms with E-state index in [9.17, 15) is 25.5 Å². The molecule has 0 saturated carbocycles. The minimum Gasteiger partial charge on any atom is -0.511 e. The first-order chi connectivity index (χ1) is 39.1. The molecule has 1 fully saturated rings. The van der Waals surface area contributed by atoms with Crippen molar-refractivity contribution in [2.45, 2.75) is 348 Å². The van der Waals surface area contributed by atoms with Crippen LogP contribution in [0.3, 0.4) is 0 Å². The molecule has 0 aromatic heterocycles. The van der Waals surface area contributed by atoms with Gasteiger partial charge in [0.2, 0.25) is 0 Å². The van der Waals surface area contributed by atoms with E-state index in [0.29, 0.717) is 38.4 Å². The number of rotatable bonds is 63. The van der Waals surface area contributed by atoms with Crippen LogP contribution in [0.25, 0.3) is 0 Å². The molecule has 1 rings (SSSR count). The Hall–Kier alpha value is -0.980. The number of allylic oxidation sites excluding steroid dienone is 1. The maximum Gasteiger partial charge on any atom is 0.108 e. The second-order valence-corrected chi connectivity index (χ2v) is 25.8. The topological polar surface area (TPSA) is 117 Å². The van der Waals surface area contributed by atoms with E-state index in [1.54, 1.807) is 0 Å². The summed E-state index contributed by atoms with van der Waals surface area (Å²) >= 11 is 0. The van der Waals surface area contributed by atoms with Gasteiger partial charge in [0.1, 0.15) is 5.76 Å². The van der Waals surface area contributed by atoms with Gasteiger partial charge in [0.25, 0.3) is 0 Å². The molecule has 1 aliphatic rings. The Morgan fingerprint density at radius 1 is 0.325 bits per heavy atom. The van der Waals surface area contributed by atoms with Crippen LogP contribution in [-0.4, -0.2) is 166 Å². The van der Waals surface area contributed by atoms with Crippen molar-refractivity contribution >= 4 is 0 Å². The molecule has 4 unspecified atom stereocenters. The standard InChI is InChI=1S/C70H143N5O5/c1-6-11-16-21-26-31-36-41-46-66(76)61-73(58-60-75(64-69(79)49-44-39-34-29-24-19-14-9-4)65-70(80)50-45-40-35-30-25-20-15-10-5)57-55-71-51-53-72(54-52-71)56-59-74(62-67(77)47-42-37-32-27-22-17-12-7-2)63-68(78)48-43-38-33-28-23-18-13-8-3/h61,67-70,76-80H,6-60,62-65H2,1-5H3. The fourth-order valence-electron chi connectivity index (χ4n) is 12.1. The van der Waals surface area contributed by atoms with Crippen LogP contribution in [0.2, 0.25) is 0 Å². The number of unbranched alkanes of at least 4 members (excludes halogenated alkanes) is 35. The van der Waals surface area contributed by atoms with Gasteiger partial charge in [-0.15, -0.1) is 0 Å². The minimum absolute atomic E-state index is 0.347. The quantitative estimate of drug-likeness (QED) is 0.0298. The highest BCUT2D eigenvalue weighted by Gasteiger charge is 2.22. The molecule has 5 N–H and O–H groups in total. The third kappa shape index (κ3) is 50.4. The molecule has 10 nitrogen and oxygen atoms in total. The van der Waals surface area contributed by atoms with E-state index in [-0.39, 0.29) is 12.2 Å². The van der Waals surface area contributed by atoms with Crippen LogP contribution >= 0.6 is 0 Å². The van der Waals surface area contributed by atoms with E-state index in [1.165, 1.54) is 218 Å². The predicted molar refractivity (Wildman–Crippen MR) is 348 cm³/mol. The van der Waals surface area contributed by atoms with Gasteiger partial charge in [0.05, 0.1) is 24.4 Å². The molecule has 1 saturated heterocycles. The van der Waals surface area contributed by atoms with E-state index < -0.39 is 12.2 Å². The minimum atomic E-state index is -0.400. The Morgan fingerprint density at radius 2 is 0.575 bits per heavy atom. The molecule has 1 heterocycles. The van der Waals surface area contributed by atoms with Crippen molar-refractivity contribution in [1.29, 1.82) is 0 Å². The summed E-state index contributed by atoms with van der Waals surface area (Å²) in [5.74, 6) is 0.479. The summed E-state index contributed by atoms with van der Waals surface area (Å²) in [4.78, 5) is 12.2. The molecule has 0 aliphatic carbocycles. The van der Waals surface area contributed by atoms with Crippen LogP contribution in [0, 0.1) is 0 Å². The lowest BCUT2D eigenvalue weighted by Gasteiger charge is -2.37. The second-order valence-electron chi connectivity index (χ2n) is 25.8. The molecule has 0 spiro atoms. The van der Waals surface area contributed by atoms with Gasteiger partial charge >= 0.3 is 0 Å². The van der Waals surface area contributed by atoms with Gasteiger partial charge in [-0.1, -0.05) is 285 Å². The highest BCUT2D eigenvalue weighted by Crippen LogP contribution is 2.18. The maximum atomic E-state index is 11.4. The van der Waals surface area contributed by atoms with Gasteiger partial charge < -0.3 is 30.4 Å². The van der Waals surface area contributed by atoms with Crippen molar-refractivity contribution in [1.82, 2.24) is 24.5 Å². The van der Waals surface area contributed by atoms with Crippen LogP contribution in [0.4, 0.5) is 0 Å². The van der Waals surface area contributed by atoms with Gasteiger partial charge in [0.15, 0.2) is 0 Å². The zero-order valence-electron chi connectivity index (χ0n) is 54.6. The molecule has 0 bridgehead atoms. The first-order valence-corrected chi connectivity index (χ1v) is 35.9. The molecule has 0 radical (unpaired) electrons. The summed E-state index contributed by atoms with van der Waals surface area (Å²) in [6.07, 6.45) is 55.1. The lowest BCUT2D eigenvalue weighted by atomic mass is 10.0. The van der Waals surface area contributed by atoms with Crippen molar-refractivity contribution in [3.05, 3.63) is 12.0 Å². The molecule has 478 valence electrons. The fourth-order valence-corrected chi connectivity index (χ4v) is 12.1. The van der Waals surface area contributed by atoms with E-state index in [1.807, 2.05) is 6.20 Å². The number of nitrogens with zero attached hydrogens (tertiary/aromatic N) is 5. The summed E-state index contributed by atoms with van der Waals surface area (Å²) in [6, 6.07) is 0. The highest BCUT2D eigenvalue weighted by molar-refractivity contribution is 4.92. The molecule has 1 aliphatic heterocycles. The van der Waals surface area contributed by atoms with E-state index in [2.05, 4.69) is 59.1 Å². The molecule has 10 heteroatoms. The number of hydrogen-bond acceptors (Lipinski definition) is 10. The smallest absolute Gasteiger partial charge is 0.108 e. The molecule has 80 heavy (non-hydrogen) atoms. The predicted octanol–water partition coefficient (Wildman–Crippen LogP) is 17.0. The van der Waals surface area contributed by atoms with Crippen molar-refractivity contribution in [2.75, 3.05) is 91.6 Å². The van der Waals surface area contributed by atoms with Gasteiger partial charge in [0, 0.05) is 104 Å². The molecule has 4 atom stereocenters. The molecule has 0 aromatic rings. The number of hydrogen-bond donors (Lipinski definition) is 5. The zero-order chi connectivity index (χ0) is 58.2. The van der Waals surface area contributed by atoms with Crippen LogP contribution in [0.1, 0.15) is 324 Å². The number of piperazine rings is 1. The molecule has 0 aromatic carbocycles. The van der Waals surface area contributed by atoms with Gasteiger partial charge in [-0.2, -0.15) is 0 Å². The van der Waals surface area contributed by atoms with Crippen LogP contribution in [-0.2, 0) is 0 Å². The van der Waals surface area contributed by atoms with Crippen molar-refractivity contribution in [2.24, 2.45) is 0 Å². The van der Waals surface area contributed by atoms with E-state index in [4.69, 9.17) is 0 Å². The summed E-state index contributed by atoms with van der Waals surface area (Å²) in [6.45, 7) is 23.0. The highest BCUT2D eigenvalue weighted by atomic mass is 16.3. The van der Waals surface area contributed by atoms with Gasteiger partial charge in [-0.25, -0.2) is 0 Å². The Bertz CT molecular complexity index is 1220. The second kappa shape index (κ2) is 58.4. The number of aliphatic hydroxyl groups excluding tert-OH is 5. The Kier molecular flexibility index (Phi) is 56.2. The average Bonchev–Trinajstić information content (AvgIpc) is 3.44. The average molecular weight is 1130 g/mol. The molecular formula is C70H143N5O5. The largest absolute Gasteiger partial charge is 0.511 e. The van der Waals surface area contributed by atoms with Crippen LogP contribution in [0.15, 0.2) is 12.0 Å². The van der Waals surface area contributed by atoms with E-state index in [0.717, 1.165) is 130 Å². The summed E-state index contributed by atoms with van der Waals surface area (Å²) in [5.41, 5.74) is 0. The summed E-state index contributed by atoms with van der Waals surface area (Å²) in [5, 5.41) is 56.8. The van der Waals surface area contributed by atoms with Crippen molar-refractivity contribution < 1.29 is 25.5 Å². The number of aliphatic hydroxyl groups is 5. The van der Waals surface area contributed by atoms with Crippen molar-refractivity contribution in [3.63, 3.8) is 0 Å². The van der Waals surface area contributed by atoms with Gasteiger partial charge in [-0.05, 0) is 32.1 Å². The first kappa shape index (κ1) is 77.0. The monoisotopic (exact) mass is 1130 g/mol. The fraction of sp³-hybridized carbons (Fsp3) is 0.971. The third-order valence-electron chi connectivity index (χ3n) is 17.7. The van der Waals surface area contributed by atoms with Crippen molar-refractivity contribution in [3.8, 4) is 0 Å². The Balaban J connectivity index is 2.97. The lowest BCUT2D eigenvalue weighted by molar-refractivity contribution is 0.0487. The Labute approximate surface area is 499 Å². The summed E-state index contributed by atoms with van der Waals surface area (Å²) < 4.78 is 0. The first-order valence-electron chi connectivity index (χ1n) is 35.9. The van der Waals surface area contributed by atoms with Gasteiger partial charge in [-0.3, -0.25) is 19.6 Å². The van der Waals surface area contributed by atoms with E-state index >= 15 is 0 Å². The zero-order valence-corrected chi connectivity index (χ0v) is 54.6. The molecule has 0 amide bonds. The SMILES string of the molecule is CCCCCCCCCCC(O)=CN(CCN1CCN(CCN(CC(O)CCCCCCCCCC)CC(O)CCCCCCCCCC)CC1)CCN(CC(O)CCCCCCCCCC)CC(O)CCCCCCCCCC. The summed E-state index contributed by atoms with van der Waals surface area (Å²) in [7, 11) is 0. The lowest BCUT2D eigenvalue weighted by Crippen LogP contribution is -2.51. The third-order valence-corrected chi connectivity index (χ3v) is 17.7. The molecular weight excluding hydrogens is 991 g/mol. The normalized spacial score (nSPS) is 15.4. The Morgan fingerprint density at radius 3 is 0.875 bits per heavy atom.